The number of rotatable bonds is 9. The number of carbonyl (C=O) groups excluding carboxylic acids is 2. The average Bonchev–Trinajstić information content (AvgIpc) is 3.21. The third-order valence-corrected chi connectivity index (χ3v) is 8.40. The minimum atomic E-state index is -4.33. The summed E-state index contributed by atoms with van der Waals surface area (Å²) in [6, 6.07) is 22.8. The summed E-state index contributed by atoms with van der Waals surface area (Å²) in [6.45, 7) is 1.71. The zero-order valence-corrected chi connectivity index (χ0v) is 23.2. The summed E-state index contributed by atoms with van der Waals surface area (Å²) in [5.41, 5.74) is 0.525. The topological polar surface area (TPSA) is 133 Å². The number of nitro groups is 1. The van der Waals surface area contributed by atoms with Crippen molar-refractivity contribution in [3.63, 3.8) is 0 Å². The van der Waals surface area contributed by atoms with Gasteiger partial charge in [0.25, 0.3) is 16.8 Å². The molecule has 4 aromatic carbocycles. The van der Waals surface area contributed by atoms with E-state index < -0.39 is 26.2 Å². The van der Waals surface area contributed by atoms with E-state index >= 15 is 0 Å². The molecular weight excluding hydrogens is 568 g/mol. The molecule has 0 saturated carbocycles. The molecule has 0 aliphatic carbocycles. The van der Waals surface area contributed by atoms with Gasteiger partial charge in [-0.3, -0.25) is 24.6 Å². The molecule has 1 heterocycles. The van der Waals surface area contributed by atoms with Crippen LogP contribution >= 0.6 is 11.8 Å². The van der Waals surface area contributed by atoms with Gasteiger partial charge >= 0.3 is 10.1 Å². The highest BCUT2D eigenvalue weighted by Crippen LogP contribution is 2.33. The zero-order chi connectivity index (χ0) is 29.1. The molecule has 0 spiro atoms. The maximum absolute atomic E-state index is 12.9. The van der Waals surface area contributed by atoms with Crippen LogP contribution in [0.3, 0.4) is 0 Å². The van der Waals surface area contributed by atoms with Gasteiger partial charge in [-0.15, -0.1) is 0 Å². The average molecular weight is 591 g/mol. The smallest absolute Gasteiger partial charge is 0.339 e. The summed E-state index contributed by atoms with van der Waals surface area (Å²) in [5.74, 6) is 0.185. The summed E-state index contributed by atoms with van der Waals surface area (Å²) in [4.78, 5) is 36.9. The van der Waals surface area contributed by atoms with Gasteiger partial charge in [-0.2, -0.15) is 8.42 Å². The second kappa shape index (κ2) is 11.4. The fourth-order valence-corrected chi connectivity index (χ4v) is 5.96. The molecule has 1 aliphatic rings. The minimum Gasteiger partial charge on any atom is -0.491 e. The third-order valence-electron chi connectivity index (χ3n) is 6.25. The van der Waals surface area contributed by atoms with Crippen LogP contribution in [0.2, 0.25) is 0 Å². The molecule has 1 aliphatic heterocycles. The van der Waals surface area contributed by atoms with Gasteiger partial charge in [-0.25, -0.2) is 0 Å². The van der Waals surface area contributed by atoms with Crippen LogP contribution in [0.4, 0.5) is 10.5 Å². The Morgan fingerprint density at radius 1 is 0.976 bits per heavy atom. The Morgan fingerprint density at radius 3 is 2.46 bits per heavy atom. The standard InChI is InChI=1S/C29H22N2O8S2/c1-19-9-14-23(18-25(19)31(34)35)41(36,37)39-22-12-10-20(11-13-22)17-27-28(32)30(29(33)40-27)15-16-38-26-8-4-6-21-5-2-3-7-24(21)26/h2-14,17-18H,15-16H2,1H3/b27-17-. The van der Waals surface area contributed by atoms with Crippen molar-refractivity contribution in [1.82, 2.24) is 4.90 Å². The first kappa shape index (κ1) is 27.9. The number of aryl methyl sites for hydroxylation is 1. The lowest BCUT2D eigenvalue weighted by molar-refractivity contribution is -0.385. The Labute approximate surface area is 239 Å². The molecule has 0 radical (unpaired) electrons. The lowest BCUT2D eigenvalue weighted by Gasteiger charge is -2.14. The Kier molecular flexibility index (Phi) is 7.77. The van der Waals surface area contributed by atoms with Crippen LogP contribution in [0.25, 0.3) is 16.8 Å². The van der Waals surface area contributed by atoms with Crippen molar-refractivity contribution in [2.75, 3.05) is 13.2 Å². The predicted molar refractivity (Wildman–Crippen MR) is 154 cm³/mol. The van der Waals surface area contributed by atoms with Gasteiger partial charge in [0.2, 0.25) is 0 Å². The lowest BCUT2D eigenvalue weighted by atomic mass is 10.1. The van der Waals surface area contributed by atoms with Crippen molar-refractivity contribution in [3.05, 3.63) is 111 Å². The number of benzene rings is 4. The van der Waals surface area contributed by atoms with Crippen molar-refractivity contribution in [2.24, 2.45) is 0 Å². The minimum absolute atomic E-state index is 0.0240. The highest BCUT2D eigenvalue weighted by atomic mass is 32.2. The number of imide groups is 1. The monoisotopic (exact) mass is 590 g/mol. The van der Waals surface area contributed by atoms with Gasteiger partial charge in [-0.1, -0.05) is 54.6 Å². The number of nitro benzene ring substituents is 1. The second-order valence-corrected chi connectivity index (χ2v) is 11.5. The number of carbonyl (C=O) groups is 2. The fraction of sp³-hybridized carbons (Fsp3) is 0.103. The molecule has 0 aromatic heterocycles. The van der Waals surface area contributed by atoms with Gasteiger partial charge in [0.05, 0.1) is 16.4 Å². The van der Waals surface area contributed by atoms with Gasteiger partial charge in [-0.05, 0) is 60.0 Å². The maximum Gasteiger partial charge on any atom is 0.339 e. The lowest BCUT2D eigenvalue weighted by Crippen LogP contribution is -2.32. The Bertz CT molecular complexity index is 1810. The Morgan fingerprint density at radius 2 is 1.71 bits per heavy atom. The van der Waals surface area contributed by atoms with Crippen LogP contribution in [0.5, 0.6) is 11.5 Å². The fourth-order valence-electron chi connectivity index (χ4n) is 4.15. The third kappa shape index (κ3) is 6.08. The van der Waals surface area contributed by atoms with Crippen molar-refractivity contribution in [2.45, 2.75) is 11.8 Å². The summed E-state index contributed by atoms with van der Waals surface area (Å²) in [6.07, 6.45) is 1.53. The molecule has 10 nitrogen and oxygen atoms in total. The summed E-state index contributed by atoms with van der Waals surface area (Å²) < 4.78 is 36.3. The van der Waals surface area contributed by atoms with E-state index in [-0.39, 0.29) is 34.4 Å². The van der Waals surface area contributed by atoms with Crippen molar-refractivity contribution < 1.29 is 31.9 Å². The number of nitrogens with zero attached hydrogens (tertiary/aromatic N) is 2. The van der Waals surface area contributed by atoms with Gasteiger partial charge < -0.3 is 8.92 Å². The highest BCUT2D eigenvalue weighted by Gasteiger charge is 2.34. The molecule has 12 heteroatoms. The van der Waals surface area contributed by atoms with E-state index in [1.165, 1.54) is 49.4 Å². The molecule has 1 saturated heterocycles. The molecule has 5 rings (SSSR count). The molecule has 0 bridgehead atoms. The van der Waals surface area contributed by atoms with E-state index in [2.05, 4.69) is 0 Å². The molecule has 0 unspecified atom stereocenters. The molecule has 0 atom stereocenters. The van der Waals surface area contributed by atoms with Crippen molar-refractivity contribution >= 4 is 55.6 Å². The zero-order valence-electron chi connectivity index (χ0n) is 21.6. The molecule has 0 N–H and O–H groups in total. The maximum atomic E-state index is 12.9. The summed E-state index contributed by atoms with van der Waals surface area (Å²) in [7, 11) is -4.33. The molecule has 41 heavy (non-hydrogen) atoms. The van der Waals surface area contributed by atoms with E-state index in [0.29, 0.717) is 16.9 Å². The molecular formula is C29H22N2O8S2. The first-order valence-electron chi connectivity index (χ1n) is 12.3. The van der Waals surface area contributed by atoms with Crippen LogP contribution in [0.1, 0.15) is 11.1 Å². The number of hydrogen-bond acceptors (Lipinski definition) is 9. The van der Waals surface area contributed by atoms with Crippen LogP contribution in [0.15, 0.2) is 94.7 Å². The normalized spacial score (nSPS) is 14.6. The quantitative estimate of drug-likeness (QED) is 0.100. The first-order chi connectivity index (χ1) is 19.6. The highest BCUT2D eigenvalue weighted by molar-refractivity contribution is 8.18. The molecule has 4 aromatic rings. The summed E-state index contributed by atoms with van der Waals surface area (Å²) >= 11 is 0.803. The van der Waals surface area contributed by atoms with E-state index in [4.69, 9.17) is 8.92 Å². The molecule has 2 amide bonds. The SMILES string of the molecule is Cc1ccc(S(=O)(=O)Oc2ccc(/C=C3\SC(=O)N(CCOc4cccc5ccccc45)C3=O)cc2)cc1[N+](=O)[O-]. The van der Waals surface area contributed by atoms with Gasteiger partial charge in [0, 0.05) is 17.0 Å². The molecule has 1 fully saturated rings. The van der Waals surface area contributed by atoms with Crippen LogP contribution in [0, 0.1) is 17.0 Å². The van der Waals surface area contributed by atoms with Crippen molar-refractivity contribution in [3.8, 4) is 11.5 Å². The number of fused-ring (bicyclic) bond motifs is 1. The van der Waals surface area contributed by atoms with Crippen LogP contribution < -0.4 is 8.92 Å². The number of thioether (sulfide) groups is 1. The number of hydrogen-bond donors (Lipinski definition) is 0. The largest absolute Gasteiger partial charge is 0.491 e. The van der Waals surface area contributed by atoms with Crippen LogP contribution in [-0.4, -0.2) is 42.5 Å². The van der Waals surface area contributed by atoms with E-state index in [1.807, 2.05) is 42.5 Å². The summed E-state index contributed by atoms with van der Waals surface area (Å²) in [5, 5.41) is 12.7. The van der Waals surface area contributed by atoms with E-state index in [1.54, 1.807) is 0 Å². The van der Waals surface area contributed by atoms with E-state index in [9.17, 15) is 28.1 Å². The van der Waals surface area contributed by atoms with E-state index in [0.717, 1.165) is 33.5 Å². The van der Waals surface area contributed by atoms with Crippen molar-refractivity contribution in [1.29, 1.82) is 0 Å². The van der Waals surface area contributed by atoms with Crippen LogP contribution in [-0.2, 0) is 14.9 Å². The molecule has 208 valence electrons. The Balaban J connectivity index is 1.23. The van der Waals surface area contributed by atoms with Gasteiger partial charge in [0.1, 0.15) is 23.0 Å². The number of ether oxygens (including phenoxy) is 1. The first-order valence-corrected chi connectivity index (χ1v) is 14.5. The Hall–Kier alpha value is -4.68. The second-order valence-electron chi connectivity index (χ2n) is 8.97. The van der Waals surface area contributed by atoms with Gasteiger partial charge in [0.15, 0.2) is 0 Å². The number of amides is 2. The predicted octanol–water partition coefficient (Wildman–Crippen LogP) is 5.94.